The van der Waals surface area contributed by atoms with E-state index in [2.05, 4.69) is 18.7 Å². The van der Waals surface area contributed by atoms with E-state index in [0.29, 0.717) is 6.61 Å². The van der Waals surface area contributed by atoms with Gasteiger partial charge in [0.1, 0.15) is 12.4 Å². The lowest BCUT2D eigenvalue weighted by Gasteiger charge is -2.28. The first-order chi connectivity index (χ1) is 18.7. The lowest BCUT2D eigenvalue weighted by molar-refractivity contribution is -0.123. The van der Waals surface area contributed by atoms with Gasteiger partial charge in [-0.25, -0.2) is 13.4 Å². The van der Waals surface area contributed by atoms with Gasteiger partial charge in [0.2, 0.25) is 10.0 Å². The van der Waals surface area contributed by atoms with Crippen molar-refractivity contribution in [1.29, 1.82) is 0 Å². The first-order valence-corrected chi connectivity index (χ1v) is 15.3. The summed E-state index contributed by atoms with van der Waals surface area (Å²) in [7, 11) is -3.57. The molecule has 1 aromatic heterocycles. The van der Waals surface area contributed by atoms with Gasteiger partial charge >= 0.3 is 0 Å². The highest BCUT2D eigenvalue weighted by molar-refractivity contribution is 7.89. The molecule has 0 atom stereocenters. The van der Waals surface area contributed by atoms with Crippen molar-refractivity contribution >= 4 is 21.7 Å². The first-order valence-electron chi connectivity index (χ1n) is 13.4. The molecular weight excluding hydrogens is 526 g/mol. The van der Waals surface area contributed by atoms with E-state index in [0.717, 1.165) is 54.0 Å². The largest absolute Gasteiger partial charge is 0.372 e. The van der Waals surface area contributed by atoms with Crippen LogP contribution in [0.1, 0.15) is 47.5 Å². The van der Waals surface area contributed by atoms with Gasteiger partial charge in [0.25, 0.3) is 5.91 Å². The fourth-order valence-corrected chi connectivity index (χ4v) is 4.12. The number of carbonyl (C=O) groups excluding carboxylic acids is 1. The third-order valence-corrected chi connectivity index (χ3v) is 5.84. The Labute approximate surface area is 239 Å². The number of hydrogen-bond donors (Lipinski definition) is 2. The maximum absolute atomic E-state index is 11.5. The lowest BCUT2D eigenvalue weighted by atomic mass is 10.0. The SMILES string of the molecule is CC(C)(C)N.CC(C)N(CCCCOCC(=O)NS(C)(=O)=O)c1cnc(-c2ccccc2)c(-c2ccccc2)n1. The second-order valence-corrected chi connectivity index (χ2v) is 12.6. The van der Waals surface area contributed by atoms with Gasteiger partial charge < -0.3 is 15.4 Å². The van der Waals surface area contributed by atoms with Crippen LogP contribution in [0.5, 0.6) is 0 Å². The maximum Gasteiger partial charge on any atom is 0.259 e. The van der Waals surface area contributed by atoms with Crippen molar-refractivity contribution < 1.29 is 17.9 Å². The van der Waals surface area contributed by atoms with Gasteiger partial charge in [0.05, 0.1) is 23.8 Å². The molecule has 0 unspecified atom stereocenters. The molecule has 0 spiro atoms. The topological polar surface area (TPSA) is 128 Å². The second-order valence-electron chi connectivity index (χ2n) is 10.9. The molecule has 0 saturated carbocycles. The molecule has 1 heterocycles. The van der Waals surface area contributed by atoms with Crippen LogP contribution in [-0.4, -0.2) is 61.9 Å². The summed E-state index contributed by atoms with van der Waals surface area (Å²) in [5, 5.41) is 0. The van der Waals surface area contributed by atoms with Crippen molar-refractivity contribution in [1.82, 2.24) is 14.7 Å². The van der Waals surface area contributed by atoms with Gasteiger partial charge in [-0.1, -0.05) is 60.7 Å². The molecule has 9 nitrogen and oxygen atoms in total. The number of sulfonamides is 1. The molecule has 10 heteroatoms. The van der Waals surface area contributed by atoms with Crippen LogP contribution in [0.4, 0.5) is 5.82 Å². The van der Waals surface area contributed by atoms with Crippen LogP contribution in [0.3, 0.4) is 0 Å². The summed E-state index contributed by atoms with van der Waals surface area (Å²) in [5.74, 6) is 0.130. The summed E-state index contributed by atoms with van der Waals surface area (Å²) < 4.78 is 29.3. The van der Waals surface area contributed by atoms with Gasteiger partial charge in [-0.15, -0.1) is 0 Å². The minimum absolute atomic E-state index is 0. The number of rotatable bonds is 12. The highest BCUT2D eigenvalue weighted by Crippen LogP contribution is 2.31. The Morgan fingerprint density at radius 1 is 0.975 bits per heavy atom. The van der Waals surface area contributed by atoms with E-state index < -0.39 is 15.9 Å². The van der Waals surface area contributed by atoms with Crippen molar-refractivity contribution in [3.8, 4) is 22.5 Å². The molecule has 3 N–H and O–H groups in total. The molecule has 0 radical (unpaired) electrons. The Balaban J connectivity index is 0.00000103. The maximum atomic E-state index is 11.5. The molecular formula is C30H43N5O4S. The third-order valence-electron chi connectivity index (χ3n) is 5.24. The van der Waals surface area contributed by atoms with Crippen LogP contribution < -0.4 is 15.4 Å². The van der Waals surface area contributed by atoms with Gasteiger partial charge in [-0.3, -0.25) is 14.5 Å². The predicted molar refractivity (Wildman–Crippen MR) is 162 cm³/mol. The van der Waals surface area contributed by atoms with Crippen LogP contribution in [0.15, 0.2) is 66.9 Å². The molecule has 0 aliphatic rings. The first kappa shape index (κ1) is 32.9. The van der Waals surface area contributed by atoms with E-state index in [4.69, 9.17) is 20.4 Å². The van der Waals surface area contributed by atoms with E-state index >= 15 is 0 Å². The lowest BCUT2D eigenvalue weighted by Crippen LogP contribution is -2.33. The highest BCUT2D eigenvalue weighted by atomic mass is 32.2. The number of unbranched alkanes of at least 4 members (excludes halogenated alkanes) is 1. The number of ether oxygens (including phenoxy) is 1. The van der Waals surface area contributed by atoms with E-state index in [1.165, 1.54) is 0 Å². The van der Waals surface area contributed by atoms with Crippen LogP contribution in [0.25, 0.3) is 22.5 Å². The van der Waals surface area contributed by atoms with Crippen LogP contribution in [-0.2, 0) is 19.6 Å². The molecule has 2 aromatic carbocycles. The van der Waals surface area contributed by atoms with Gasteiger partial charge in [0, 0.05) is 35.9 Å². The molecule has 218 valence electrons. The average Bonchev–Trinajstić information content (AvgIpc) is 2.87. The standard InChI is InChI=1S/C26H32N4O4S.C4H11N/c1-20(2)30(16-10-11-17-34-19-24(31)29-35(3,32)33)23-18-27-25(21-12-6-4-7-13-21)26(28-23)22-14-8-5-9-15-22;1-4(2,3)5/h4-9,12-15,18,20H,10-11,16-17,19H2,1-3H3,(H,29,31);5H2,1-3H3. The monoisotopic (exact) mass is 569 g/mol. The fourth-order valence-electron chi connectivity index (χ4n) is 3.65. The second kappa shape index (κ2) is 15.4. The molecule has 0 fully saturated rings. The minimum atomic E-state index is -3.57. The zero-order valence-electron chi connectivity index (χ0n) is 24.4. The summed E-state index contributed by atoms with van der Waals surface area (Å²) in [6.45, 7) is 10.9. The fraction of sp³-hybridized carbons (Fsp3) is 0.433. The number of benzene rings is 2. The number of nitrogens with zero attached hydrogens (tertiary/aromatic N) is 3. The number of amides is 1. The summed E-state index contributed by atoms with van der Waals surface area (Å²) in [6, 6.07) is 20.3. The molecule has 0 saturated heterocycles. The smallest absolute Gasteiger partial charge is 0.259 e. The third kappa shape index (κ3) is 12.7. The van der Waals surface area contributed by atoms with Gasteiger partial charge in [-0.05, 0) is 47.5 Å². The summed E-state index contributed by atoms with van der Waals surface area (Å²) in [5.41, 5.74) is 9.04. The number of hydrogen-bond acceptors (Lipinski definition) is 8. The van der Waals surface area contributed by atoms with Crippen molar-refractivity contribution in [3.63, 3.8) is 0 Å². The number of nitrogens with one attached hydrogen (secondary N) is 1. The van der Waals surface area contributed by atoms with Gasteiger partial charge in [-0.2, -0.15) is 0 Å². The van der Waals surface area contributed by atoms with Crippen molar-refractivity contribution in [2.75, 3.05) is 30.9 Å². The van der Waals surface area contributed by atoms with Crippen LogP contribution in [0, 0.1) is 0 Å². The zero-order valence-corrected chi connectivity index (χ0v) is 25.2. The molecule has 1 amide bonds. The number of anilines is 1. The van der Waals surface area contributed by atoms with E-state index in [1.54, 1.807) is 0 Å². The van der Waals surface area contributed by atoms with E-state index in [1.807, 2.05) is 92.4 Å². The molecule has 3 rings (SSSR count). The van der Waals surface area contributed by atoms with Crippen molar-refractivity contribution in [2.24, 2.45) is 5.73 Å². The van der Waals surface area contributed by atoms with E-state index in [9.17, 15) is 13.2 Å². The van der Waals surface area contributed by atoms with Crippen LogP contribution in [0.2, 0.25) is 0 Å². The minimum Gasteiger partial charge on any atom is -0.372 e. The molecule has 0 bridgehead atoms. The number of carbonyl (C=O) groups is 1. The molecule has 40 heavy (non-hydrogen) atoms. The molecule has 0 aliphatic carbocycles. The summed E-state index contributed by atoms with van der Waals surface area (Å²) in [4.78, 5) is 23.6. The Morgan fingerprint density at radius 2 is 1.50 bits per heavy atom. The van der Waals surface area contributed by atoms with Crippen molar-refractivity contribution in [3.05, 3.63) is 66.9 Å². The highest BCUT2D eigenvalue weighted by Gasteiger charge is 2.17. The van der Waals surface area contributed by atoms with Gasteiger partial charge in [0.15, 0.2) is 0 Å². The summed E-state index contributed by atoms with van der Waals surface area (Å²) in [6.07, 6.45) is 4.29. The quantitative estimate of drug-likeness (QED) is 0.302. The Bertz CT molecular complexity index is 1290. The zero-order chi connectivity index (χ0) is 29.8. The Hall–Kier alpha value is -3.34. The Morgan fingerprint density at radius 3 is 2.00 bits per heavy atom. The van der Waals surface area contributed by atoms with Crippen molar-refractivity contribution in [2.45, 2.75) is 59.0 Å². The average molecular weight is 570 g/mol. The Kier molecular flexibility index (Phi) is 12.7. The molecule has 3 aromatic rings. The predicted octanol–water partition coefficient (Wildman–Crippen LogP) is 4.64. The summed E-state index contributed by atoms with van der Waals surface area (Å²) >= 11 is 0. The van der Waals surface area contributed by atoms with Crippen LogP contribution >= 0.6 is 0 Å². The number of nitrogens with two attached hydrogens (primary N) is 1. The number of aromatic nitrogens is 2. The van der Waals surface area contributed by atoms with E-state index in [-0.39, 0.29) is 18.2 Å². The normalized spacial score (nSPS) is 11.5. The molecule has 0 aliphatic heterocycles.